The second-order valence-electron chi connectivity index (χ2n) is 6.70. The fourth-order valence-corrected chi connectivity index (χ4v) is 3.60. The van der Waals surface area contributed by atoms with Gasteiger partial charge in [0.15, 0.2) is 11.5 Å². The summed E-state index contributed by atoms with van der Waals surface area (Å²) in [6.45, 7) is 0.402. The Morgan fingerprint density at radius 2 is 1.88 bits per heavy atom. The third-order valence-electron chi connectivity index (χ3n) is 5.02. The molecule has 5 heteroatoms. The average molecular weight is 331 g/mol. The van der Waals surface area contributed by atoms with Crippen molar-refractivity contribution in [3.63, 3.8) is 0 Å². The van der Waals surface area contributed by atoms with E-state index in [-0.39, 0.29) is 11.7 Å². The molecule has 1 amide bonds. The van der Waals surface area contributed by atoms with Gasteiger partial charge in [0.1, 0.15) is 5.82 Å². The molecule has 3 aromatic rings. The minimum atomic E-state index is -0.129. The fraction of sp³-hybridized carbons (Fsp3) is 0.250. The molecule has 0 spiro atoms. The summed E-state index contributed by atoms with van der Waals surface area (Å²) in [5.74, 6) is 1.38. The third-order valence-corrected chi connectivity index (χ3v) is 5.02. The molecule has 2 aliphatic rings. The lowest BCUT2D eigenvalue weighted by atomic mass is 10.00. The van der Waals surface area contributed by atoms with E-state index in [1.54, 1.807) is 11.0 Å². The predicted octanol–water partition coefficient (Wildman–Crippen LogP) is 3.44. The number of benzene rings is 1. The SMILES string of the molecule is O=C1CCN(C(=O)c2nc(C3CC3)n3ccccc23)c2ccccc21. The zero-order chi connectivity index (χ0) is 17.0. The predicted molar refractivity (Wildman–Crippen MR) is 94.2 cm³/mol. The molecule has 1 aliphatic carbocycles. The van der Waals surface area contributed by atoms with Crippen LogP contribution in [-0.2, 0) is 0 Å². The number of carbonyl (C=O) groups is 2. The van der Waals surface area contributed by atoms with Crippen molar-refractivity contribution in [2.75, 3.05) is 11.4 Å². The Hall–Kier alpha value is -2.95. The number of carbonyl (C=O) groups excluding carboxylic acids is 2. The van der Waals surface area contributed by atoms with Gasteiger partial charge in [0.05, 0.1) is 11.2 Å². The molecule has 0 radical (unpaired) electrons. The standard InChI is InChI=1S/C20H17N3O2/c24-17-10-12-23(15-6-2-1-5-14(15)17)20(25)18-16-7-3-4-11-22(16)19(21-18)13-8-9-13/h1-7,11,13H,8-10,12H2. The Bertz CT molecular complexity index is 1020. The van der Waals surface area contributed by atoms with E-state index in [9.17, 15) is 9.59 Å². The van der Waals surface area contributed by atoms with E-state index in [2.05, 4.69) is 0 Å². The van der Waals surface area contributed by atoms with Crippen molar-refractivity contribution in [2.45, 2.75) is 25.2 Å². The van der Waals surface area contributed by atoms with Gasteiger partial charge in [-0.2, -0.15) is 0 Å². The van der Waals surface area contributed by atoms with Crippen LogP contribution in [0.3, 0.4) is 0 Å². The van der Waals surface area contributed by atoms with Crippen molar-refractivity contribution in [1.82, 2.24) is 9.38 Å². The summed E-state index contributed by atoms with van der Waals surface area (Å²) in [7, 11) is 0. The molecule has 0 unspecified atom stereocenters. The molecule has 3 heterocycles. The molecule has 0 bridgehead atoms. The van der Waals surface area contributed by atoms with Crippen LogP contribution in [0.4, 0.5) is 5.69 Å². The molecule has 0 atom stereocenters. The van der Waals surface area contributed by atoms with E-state index in [0.29, 0.717) is 35.8 Å². The van der Waals surface area contributed by atoms with Gasteiger partial charge in [-0.15, -0.1) is 0 Å². The van der Waals surface area contributed by atoms with Crippen LogP contribution in [0.1, 0.15) is 51.9 Å². The van der Waals surface area contributed by atoms with Crippen molar-refractivity contribution in [1.29, 1.82) is 0 Å². The second kappa shape index (κ2) is 5.28. The van der Waals surface area contributed by atoms with Gasteiger partial charge in [0, 0.05) is 30.6 Å². The highest BCUT2D eigenvalue weighted by atomic mass is 16.2. The van der Waals surface area contributed by atoms with Crippen molar-refractivity contribution in [3.05, 3.63) is 65.7 Å². The number of imidazole rings is 1. The zero-order valence-electron chi connectivity index (χ0n) is 13.7. The van der Waals surface area contributed by atoms with E-state index >= 15 is 0 Å². The number of amides is 1. The lowest BCUT2D eigenvalue weighted by Gasteiger charge is -2.28. The fourth-order valence-electron chi connectivity index (χ4n) is 3.60. The number of anilines is 1. The molecule has 5 nitrogen and oxygen atoms in total. The maximum atomic E-state index is 13.3. The number of fused-ring (bicyclic) bond motifs is 2. The Kier molecular flexibility index (Phi) is 3.04. The Labute approximate surface area is 144 Å². The monoisotopic (exact) mass is 331 g/mol. The van der Waals surface area contributed by atoms with Gasteiger partial charge in [-0.1, -0.05) is 18.2 Å². The van der Waals surface area contributed by atoms with Gasteiger partial charge < -0.3 is 9.30 Å². The number of Topliss-reactive ketones (excluding diaryl/α,β-unsaturated/α-hetero) is 1. The molecular formula is C20H17N3O2. The molecule has 25 heavy (non-hydrogen) atoms. The van der Waals surface area contributed by atoms with Crippen LogP contribution in [-0.4, -0.2) is 27.6 Å². The van der Waals surface area contributed by atoms with Crippen LogP contribution < -0.4 is 4.90 Å². The van der Waals surface area contributed by atoms with Crippen molar-refractivity contribution in [3.8, 4) is 0 Å². The van der Waals surface area contributed by atoms with Crippen LogP contribution >= 0.6 is 0 Å². The summed E-state index contributed by atoms with van der Waals surface area (Å²) in [5.41, 5.74) is 2.62. The highest BCUT2D eigenvalue weighted by Crippen LogP contribution is 2.40. The van der Waals surface area contributed by atoms with E-state index in [1.165, 1.54) is 0 Å². The van der Waals surface area contributed by atoms with Crippen LogP contribution in [0.25, 0.3) is 5.52 Å². The largest absolute Gasteiger partial charge is 0.306 e. The molecule has 1 saturated carbocycles. The third kappa shape index (κ3) is 2.19. The summed E-state index contributed by atoms with van der Waals surface area (Å²) in [6, 6.07) is 13.2. The van der Waals surface area contributed by atoms with Gasteiger partial charge in [-0.25, -0.2) is 4.98 Å². The Morgan fingerprint density at radius 3 is 2.72 bits per heavy atom. The molecule has 2 aromatic heterocycles. The summed E-state index contributed by atoms with van der Waals surface area (Å²) in [5, 5.41) is 0. The van der Waals surface area contributed by atoms with Gasteiger partial charge >= 0.3 is 0 Å². The van der Waals surface area contributed by atoms with E-state index < -0.39 is 0 Å². The molecule has 0 saturated heterocycles. The summed E-state index contributed by atoms with van der Waals surface area (Å²) >= 11 is 0. The number of aromatic nitrogens is 2. The zero-order valence-corrected chi connectivity index (χ0v) is 13.7. The number of hydrogen-bond acceptors (Lipinski definition) is 3. The normalized spacial score (nSPS) is 17.0. The van der Waals surface area contributed by atoms with Crippen molar-refractivity contribution in [2.24, 2.45) is 0 Å². The lowest BCUT2D eigenvalue weighted by molar-refractivity contribution is 0.0953. The topological polar surface area (TPSA) is 54.7 Å². The molecular weight excluding hydrogens is 314 g/mol. The van der Waals surface area contributed by atoms with E-state index in [1.807, 2.05) is 47.0 Å². The Morgan fingerprint density at radius 1 is 1.08 bits per heavy atom. The lowest BCUT2D eigenvalue weighted by Crippen LogP contribution is -2.37. The quantitative estimate of drug-likeness (QED) is 0.723. The first-order valence-electron chi connectivity index (χ1n) is 8.65. The molecule has 1 aromatic carbocycles. The highest BCUT2D eigenvalue weighted by molar-refractivity contribution is 6.14. The minimum Gasteiger partial charge on any atom is -0.306 e. The molecule has 124 valence electrons. The smallest absolute Gasteiger partial charge is 0.279 e. The summed E-state index contributed by atoms with van der Waals surface area (Å²) in [4.78, 5) is 31.8. The van der Waals surface area contributed by atoms with Crippen molar-refractivity contribution >= 4 is 22.9 Å². The van der Waals surface area contributed by atoms with Crippen LogP contribution in [0.2, 0.25) is 0 Å². The molecule has 0 N–H and O–H groups in total. The van der Waals surface area contributed by atoms with Crippen LogP contribution in [0.5, 0.6) is 0 Å². The van der Waals surface area contributed by atoms with E-state index in [0.717, 1.165) is 24.2 Å². The van der Waals surface area contributed by atoms with Crippen LogP contribution in [0.15, 0.2) is 48.7 Å². The first kappa shape index (κ1) is 14.4. The number of ketones is 1. The van der Waals surface area contributed by atoms with Gasteiger partial charge in [-0.05, 0) is 37.1 Å². The Balaban J connectivity index is 1.63. The van der Waals surface area contributed by atoms with Crippen molar-refractivity contribution < 1.29 is 9.59 Å². The van der Waals surface area contributed by atoms with Crippen LogP contribution in [0, 0.1) is 0 Å². The first-order valence-corrected chi connectivity index (χ1v) is 8.65. The van der Waals surface area contributed by atoms with E-state index in [4.69, 9.17) is 4.98 Å². The number of hydrogen-bond donors (Lipinski definition) is 0. The van der Waals surface area contributed by atoms with Gasteiger partial charge in [-0.3, -0.25) is 9.59 Å². The molecule has 5 rings (SSSR count). The number of nitrogens with zero attached hydrogens (tertiary/aromatic N) is 3. The number of para-hydroxylation sites is 1. The minimum absolute atomic E-state index is 0.0908. The maximum Gasteiger partial charge on any atom is 0.279 e. The molecule has 1 aliphatic heterocycles. The molecule has 1 fully saturated rings. The summed E-state index contributed by atoms with van der Waals surface area (Å²) in [6.07, 6.45) is 4.58. The highest BCUT2D eigenvalue weighted by Gasteiger charge is 2.33. The first-order chi connectivity index (χ1) is 12.2. The number of pyridine rings is 1. The average Bonchev–Trinajstić information content (AvgIpc) is 3.42. The second-order valence-corrected chi connectivity index (χ2v) is 6.70. The maximum absolute atomic E-state index is 13.3. The van der Waals surface area contributed by atoms with Gasteiger partial charge in [0.25, 0.3) is 5.91 Å². The number of rotatable bonds is 2. The van der Waals surface area contributed by atoms with Gasteiger partial charge in [0.2, 0.25) is 0 Å². The summed E-state index contributed by atoms with van der Waals surface area (Å²) < 4.78 is 2.03.